The molecule has 0 radical (unpaired) electrons. The van der Waals surface area contributed by atoms with Crippen LogP contribution in [0.2, 0.25) is 5.02 Å². The molecule has 3 aliphatic rings. The molecule has 12 heteroatoms. The molecule has 6 rings (SSSR count). The van der Waals surface area contributed by atoms with Gasteiger partial charge in [-0.25, -0.2) is 22.5 Å². The molecule has 2 aromatic heterocycles. The number of anilines is 4. The van der Waals surface area contributed by atoms with E-state index in [0.717, 1.165) is 0 Å². The first-order valence-electron chi connectivity index (χ1n) is 12.9. The summed E-state index contributed by atoms with van der Waals surface area (Å²) in [5, 5.41) is 7.07. The van der Waals surface area contributed by atoms with Crippen molar-refractivity contribution in [3.63, 3.8) is 0 Å². The third-order valence-corrected chi connectivity index (χ3v) is 8.29. The Morgan fingerprint density at radius 2 is 1.95 bits per heavy atom. The van der Waals surface area contributed by atoms with Crippen LogP contribution in [0.15, 0.2) is 35.3 Å². The van der Waals surface area contributed by atoms with E-state index in [1.807, 2.05) is 0 Å². The number of pyridine rings is 2. The van der Waals surface area contributed by atoms with Crippen LogP contribution in [0.25, 0.3) is 10.9 Å². The molecular weight excluding hydrogens is 538 g/mol. The molecule has 208 valence electrons. The molecule has 2 aliphatic heterocycles. The van der Waals surface area contributed by atoms with Gasteiger partial charge in [0, 0.05) is 49.6 Å². The minimum absolute atomic E-state index is 0.134. The molecule has 4 heterocycles. The first-order valence-corrected chi connectivity index (χ1v) is 13.3. The molecule has 2 atom stereocenters. The Morgan fingerprint density at radius 1 is 1.18 bits per heavy atom. The maximum atomic E-state index is 14.9. The van der Waals surface area contributed by atoms with Crippen molar-refractivity contribution in [1.29, 1.82) is 0 Å². The van der Waals surface area contributed by atoms with Gasteiger partial charge < -0.3 is 24.8 Å². The normalized spacial score (nSPS) is 23.9. The van der Waals surface area contributed by atoms with E-state index in [4.69, 9.17) is 16.3 Å². The molecule has 2 fully saturated rings. The summed E-state index contributed by atoms with van der Waals surface area (Å²) < 4.78 is 64.6. The summed E-state index contributed by atoms with van der Waals surface area (Å²) in [6.07, 6.45) is 2.58. The highest BCUT2D eigenvalue weighted by Crippen LogP contribution is 2.46. The number of hydrogen-bond acceptors (Lipinski definition) is 6. The van der Waals surface area contributed by atoms with Gasteiger partial charge in [-0.2, -0.15) is 0 Å². The van der Waals surface area contributed by atoms with Gasteiger partial charge in [0.25, 0.3) is 11.5 Å². The predicted molar refractivity (Wildman–Crippen MR) is 143 cm³/mol. The molecule has 1 aromatic carbocycles. The van der Waals surface area contributed by atoms with Crippen LogP contribution in [0.1, 0.15) is 26.2 Å². The largest absolute Gasteiger partial charge is 0.480 e. The second kappa shape index (κ2) is 9.18. The molecule has 1 saturated carbocycles. The molecule has 1 unspecified atom stereocenters. The zero-order valence-corrected chi connectivity index (χ0v) is 22.2. The van der Waals surface area contributed by atoms with E-state index in [0.29, 0.717) is 46.0 Å². The van der Waals surface area contributed by atoms with E-state index in [-0.39, 0.29) is 36.9 Å². The van der Waals surface area contributed by atoms with Crippen LogP contribution in [0.3, 0.4) is 0 Å². The molecule has 2 N–H and O–H groups in total. The fourth-order valence-electron chi connectivity index (χ4n) is 5.43. The highest BCUT2D eigenvalue weighted by molar-refractivity contribution is 6.33. The number of fused-ring (bicyclic) bond motifs is 3. The van der Waals surface area contributed by atoms with Crippen molar-refractivity contribution in [2.45, 2.75) is 44.1 Å². The number of alkyl halides is 4. The van der Waals surface area contributed by atoms with Crippen LogP contribution in [-0.4, -0.2) is 47.1 Å². The topological polar surface area (TPSA) is 71.4 Å². The van der Waals surface area contributed by atoms with Crippen molar-refractivity contribution in [2.24, 2.45) is 18.9 Å². The van der Waals surface area contributed by atoms with Gasteiger partial charge in [-0.1, -0.05) is 18.5 Å². The highest BCUT2D eigenvalue weighted by atomic mass is 35.5. The lowest BCUT2D eigenvalue weighted by atomic mass is 9.95. The van der Waals surface area contributed by atoms with Crippen LogP contribution in [0.5, 0.6) is 5.75 Å². The van der Waals surface area contributed by atoms with Crippen LogP contribution < -0.4 is 25.8 Å². The lowest BCUT2D eigenvalue weighted by Crippen LogP contribution is -2.46. The molecule has 0 bridgehead atoms. The van der Waals surface area contributed by atoms with E-state index in [1.165, 1.54) is 17.7 Å². The van der Waals surface area contributed by atoms with Gasteiger partial charge in [-0.05, 0) is 37.0 Å². The number of nitrogens with zero attached hydrogens (tertiary/aromatic N) is 3. The SMILES string of the molecule is CC1CN(c2cc(Nc3ccc4c(c3)c3c(c(=O)n4C)OCC(F)(F)[C@H](C4CC4)N3)c(Cl)cn2)CCC1(F)F. The summed E-state index contributed by atoms with van der Waals surface area (Å²) in [4.78, 5) is 19.2. The van der Waals surface area contributed by atoms with E-state index in [2.05, 4.69) is 15.6 Å². The quantitative estimate of drug-likeness (QED) is 0.376. The monoisotopic (exact) mass is 565 g/mol. The Kier molecular flexibility index (Phi) is 6.13. The number of piperidine rings is 1. The Balaban J connectivity index is 1.36. The molecule has 1 aliphatic carbocycles. The van der Waals surface area contributed by atoms with Gasteiger partial charge in [0.1, 0.15) is 5.82 Å². The molecular formula is C27H28ClF4N5O2. The van der Waals surface area contributed by atoms with E-state index < -0.39 is 36.0 Å². The van der Waals surface area contributed by atoms with Gasteiger partial charge in [-0.15, -0.1) is 0 Å². The number of hydrogen-bond donors (Lipinski definition) is 2. The predicted octanol–water partition coefficient (Wildman–Crippen LogP) is 6.03. The standard InChI is InChI=1S/C27H28ClF4N5O2/c1-14-12-37(8-7-26(14,29)30)21-10-19(18(28)11-33-21)34-16-5-6-20-17(9-16)22-23(25(38)36(20)2)39-13-27(31,32)24(35-22)15-3-4-15/h5-6,9-11,14-15,24,35H,3-4,7-8,12-13H2,1-2H3,(H,33,34)/t14?,24-/m0/s1. The molecule has 1 saturated heterocycles. The fraction of sp³-hybridized carbons (Fsp3) is 0.481. The average Bonchev–Trinajstić information content (AvgIpc) is 3.73. The minimum Gasteiger partial charge on any atom is -0.480 e. The second-order valence-corrected chi connectivity index (χ2v) is 11.2. The Labute approximate surface area is 227 Å². The number of rotatable bonds is 4. The third-order valence-electron chi connectivity index (χ3n) is 7.98. The zero-order chi connectivity index (χ0) is 27.7. The van der Waals surface area contributed by atoms with Crippen molar-refractivity contribution in [2.75, 3.05) is 35.2 Å². The van der Waals surface area contributed by atoms with Crippen LogP contribution in [0.4, 0.5) is 40.4 Å². The number of aryl methyl sites for hydroxylation is 1. The van der Waals surface area contributed by atoms with Crippen molar-refractivity contribution in [3.8, 4) is 5.75 Å². The van der Waals surface area contributed by atoms with Gasteiger partial charge in [-0.3, -0.25) is 4.79 Å². The Morgan fingerprint density at radius 3 is 2.67 bits per heavy atom. The summed E-state index contributed by atoms with van der Waals surface area (Å²) in [6.45, 7) is 0.979. The van der Waals surface area contributed by atoms with Crippen molar-refractivity contribution < 1.29 is 22.3 Å². The number of halogens is 5. The maximum absolute atomic E-state index is 14.9. The molecule has 7 nitrogen and oxygen atoms in total. The van der Waals surface area contributed by atoms with Crippen LogP contribution in [-0.2, 0) is 7.05 Å². The van der Waals surface area contributed by atoms with E-state index in [1.54, 1.807) is 36.2 Å². The van der Waals surface area contributed by atoms with Crippen molar-refractivity contribution >= 4 is 45.4 Å². The smallest absolute Gasteiger partial charge is 0.301 e. The lowest BCUT2D eigenvalue weighted by molar-refractivity contribution is -0.0652. The fourth-order valence-corrected chi connectivity index (χ4v) is 5.58. The van der Waals surface area contributed by atoms with Crippen LogP contribution >= 0.6 is 11.6 Å². The Bertz CT molecular complexity index is 1510. The Hall–Kier alpha value is -3.21. The number of aromatic nitrogens is 2. The first-order chi connectivity index (χ1) is 18.4. The van der Waals surface area contributed by atoms with Crippen LogP contribution in [0, 0.1) is 11.8 Å². The molecule has 39 heavy (non-hydrogen) atoms. The van der Waals surface area contributed by atoms with Gasteiger partial charge in [0.2, 0.25) is 5.75 Å². The van der Waals surface area contributed by atoms with Gasteiger partial charge in [0.05, 0.1) is 34.2 Å². The van der Waals surface area contributed by atoms with E-state index >= 15 is 0 Å². The molecule has 3 aromatic rings. The van der Waals surface area contributed by atoms with Crippen molar-refractivity contribution in [1.82, 2.24) is 9.55 Å². The summed E-state index contributed by atoms with van der Waals surface area (Å²) in [5.41, 5.74) is 1.39. The zero-order valence-electron chi connectivity index (χ0n) is 21.4. The first kappa shape index (κ1) is 26.0. The second-order valence-electron chi connectivity index (χ2n) is 10.8. The number of nitrogens with one attached hydrogen (secondary N) is 2. The molecule has 0 spiro atoms. The maximum Gasteiger partial charge on any atom is 0.301 e. The third kappa shape index (κ3) is 4.64. The lowest BCUT2D eigenvalue weighted by Gasteiger charge is -2.37. The summed E-state index contributed by atoms with van der Waals surface area (Å²) >= 11 is 6.43. The summed E-state index contributed by atoms with van der Waals surface area (Å²) in [5.74, 6) is -6.47. The number of benzene rings is 1. The van der Waals surface area contributed by atoms with Gasteiger partial charge in [0.15, 0.2) is 6.61 Å². The average molecular weight is 566 g/mol. The van der Waals surface area contributed by atoms with E-state index in [9.17, 15) is 22.4 Å². The minimum atomic E-state index is -3.13. The summed E-state index contributed by atoms with van der Waals surface area (Å²) in [6, 6.07) is 5.79. The number of ether oxygens (including phenoxy) is 1. The highest BCUT2D eigenvalue weighted by Gasteiger charge is 2.51. The molecule has 0 amide bonds. The summed E-state index contributed by atoms with van der Waals surface area (Å²) in [7, 11) is 1.57. The van der Waals surface area contributed by atoms with Crippen molar-refractivity contribution in [3.05, 3.63) is 45.8 Å². The van der Waals surface area contributed by atoms with Gasteiger partial charge >= 0.3 is 5.92 Å².